The SMILES string of the molecule is C[C@@]12COC[C@]1(C)CN(Cc1ccccc1)C2. The Morgan fingerprint density at radius 3 is 2.24 bits per heavy atom. The second-order valence-corrected chi connectivity index (χ2v) is 6.24. The molecule has 2 aliphatic rings. The summed E-state index contributed by atoms with van der Waals surface area (Å²) in [6.07, 6.45) is 0. The minimum atomic E-state index is 0.349. The summed E-state index contributed by atoms with van der Waals surface area (Å²) in [5.41, 5.74) is 2.12. The Morgan fingerprint density at radius 2 is 1.65 bits per heavy atom. The van der Waals surface area contributed by atoms with E-state index in [1.165, 1.54) is 18.7 Å². The molecule has 1 aromatic rings. The molecule has 0 aromatic heterocycles. The van der Waals surface area contributed by atoms with Crippen molar-refractivity contribution in [3.05, 3.63) is 35.9 Å². The van der Waals surface area contributed by atoms with Crippen molar-refractivity contribution in [2.75, 3.05) is 26.3 Å². The van der Waals surface area contributed by atoms with Gasteiger partial charge >= 0.3 is 0 Å². The van der Waals surface area contributed by atoms with E-state index in [4.69, 9.17) is 4.74 Å². The molecule has 0 amide bonds. The van der Waals surface area contributed by atoms with Gasteiger partial charge in [-0.3, -0.25) is 4.90 Å². The van der Waals surface area contributed by atoms with Gasteiger partial charge in [0.2, 0.25) is 0 Å². The highest BCUT2D eigenvalue weighted by Crippen LogP contribution is 2.50. The van der Waals surface area contributed by atoms with Crippen molar-refractivity contribution in [2.45, 2.75) is 20.4 Å². The highest BCUT2D eigenvalue weighted by Gasteiger charge is 2.55. The van der Waals surface area contributed by atoms with E-state index in [0.717, 1.165) is 19.8 Å². The van der Waals surface area contributed by atoms with Crippen molar-refractivity contribution in [1.82, 2.24) is 4.90 Å². The summed E-state index contributed by atoms with van der Waals surface area (Å²) in [6.45, 7) is 10.0. The second kappa shape index (κ2) is 3.82. The molecular weight excluding hydrogens is 210 g/mol. The van der Waals surface area contributed by atoms with Crippen LogP contribution in [0.3, 0.4) is 0 Å². The predicted molar refractivity (Wildman–Crippen MR) is 68.8 cm³/mol. The van der Waals surface area contributed by atoms with E-state index in [2.05, 4.69) is 49.1 Å². The quantitative estimate of drug-likeness (QED) is 0.775. The Labute approximate surface area is 104 Å². The molecule has 92 valence electrons. The third-order valence-corrected chi connectivity index (χ3v) is 4.69. The van der Waals surface area contributed by atoms with Crippen molar-refractivity contribution < 1.29 is 4.74 Å². The van der Waals surface area contributed by atoms with Gasteiger partial charge in [-0.2, -0.15) is 0 Å². The maximum atomic E-state index is 5.69. The van der Waals surface area contributed by atoms with Gasteiger partial charge in [-0.1, -0.05) is 44.2 Å². The summed E-state index contributed by atoms with van der Waals surface area (Å²) in [5, 5.41) is 0. The fraction of sp³-hybridized carbons (Fsp3) is 0.600. The van der Waals surface area contributed by atoms with Crippen molar-refractivity contribution in [2.24, 2.45) is 10.8 Å². The normalized spacial score (nSPS) is 37.3. The lowest BCUT2D eigenvalue weighted by Gasteiger charge is -2.29. The topological polar surface area (TPSA) is 12.5 Å². The van der Waals surface area contributed by atoms with Crippen LogP contribution in [0.15, 0.2) is 30.3 Å². The first-order valence-electron chi connectivity index (χ1n) is 6.45. The highest BCUT2D eigenvalue weighted by atomic mass is 16.5. The number of benzene rings is 1. The van der Waals surface area contributed by atoms with E-state index in [9.17, 15) is 0 Å². The van der Waals surface area contributed by atoms with Crippen molar-refractivity contribution in [3.63, 3.8) is 0 Å². The maximum Gasteiger partial charge on any atom is 0.0538 e. The van der Waals surface area contributed by atoms with Crippen molar-refractivity contribution in [3.8, 4) is 0 Å². The molecule has 0 saturated carbocycles. The number of ether oxygens (including phenoxy) is 1. The minimum Gasteiger partial charge on any atom is -0.380 e. The summed E-state index contributed by atoms with van der Waals surface area (Å²) in [4.78, 5) is 2.58. The molecule has 3 rings (SSSR count). The zero-order valence-corrected chi connectivity index (χ0v) is 10.8. The fourth-order valence-electron chi connectivity index (χ4n) is 3.32. The van der Waals surface area contributed by atoms with Crippen LogP contribution in [-0.4, -0.2) is 31.2 Å². The average Bonchev–Trinajstić information content (AvgIpc) is 2.67. The standard InChI is InChI=1S/C15H21NO/c1-14-9-16(8-13-6-4-3-5-7-13)10-15(14,2)12-17-11-14/h3-7H,8-12H2,1-2H3/t14-,15+. The first kappa shape index (κ1) is 11.2. The molecule has 0 unspecified atom stereocenters. The molecule has 0 aliphatic carbocycles. The molecule has 1 aromatic carbocycles. The van der Waals surface area contributed by atoms with Crippen molar-refractivity contribution in [1.29, 1.82) is 0 Å². The summed E-state index contributed by atoms with van der Waals surface area (Å²) in [7, 11) is 0. The molecule has 0 bridgehead atoms. The lowest BCUT2D eigenvalue weighted by Crippen LogP contribution is -2.34. The average molecular weight is 231 g/mol. The van der Waals surface area contributed by atoms with Crippen LogP contribution in [0.2, 0.25) is 0 Å². The third kappa shape index (κ3) is 1.80. The molecule has 0 radical (unpaired) electrons. The van der Waals surface area contributed by atoms with E-state index in [1.54, 1.807) is 0 Å². The lowest BCUT2D eigenvalue weighted by molar-refractivity contribution is 0.128. The number of rotatable bonds is 2. The van der Waals surface area contributed by atoms with E-state index >= 15 is 0 Å². The van der Waals surface area contributed by atoms with Crippen LogP contribution in [0.4, 0.5) is 0 Å². The number of hydrogen-bond donors (Lipinski definition) is 0. The van der Waals surface area contributed by atoms with Gasteiger partial charge < -0.3 is 4.74 Å². The molecule has 2 fully saturated rings. The maximum absolute atomic E-state index is 5.69. The number of nitrogens with zero attached hydrogens (tertiary/aromatic N) is 1. The number of likely N-dealkylation sites (tertiary alicyclic amines) is 1. The van der Waals surface area contributed by atoms with Gasteiger partial charge in [0.15, 0.2) is 0 Å². The Morgan fingerprint density at radius 1 is 1.06 bits per heavy atom. The van der Waals surface area contributed by atoms with E-state index in [1.807, 2.05) is 0 Å². The van der Waals surface area contributed by atoms with Crippen LogP contribution in [0.5, 0.6) is 0 Å². The van der Waals surface area contributed by atoms with E-state index in [-0.39, 0.29) is 0 Å². The molecule has 2 saturated heterocycles. The predicted octanol–water partition coefficient (Wildman–Crippen LogP) is 2.55. The largest absolute Gasteiger partial charge is 0.380 e. The monoisotopic (exact) mass is 231 g/mol. The molecule has 2 heteroatoms. The van der Waals surface area contributed by atoms with Crippen LogP contribution < -0.4 is 0 Å². The number of hydrogen-bond acceptors (Lipinski definition) is 2. The van der Waals surface area contributed by atoms with Gasteiger partial charge in [-0.05, 0) is 5.56 Å². The fourth-order valence-corrected chi connectivity index (χ4v) is 3.32. The van der Waals surface area contributed by atoms with Gasteiger partial charge in [-0.25, -0.2) is 0 Å². The van der Waals surface area contributed by atoms with Gasteiger partial charge in [0.1, 0.15) is 0 Å². The molecular formula is C15H21NO. The van der Waals surface area contributed by atoms with Gasteiger partial charge in [0, 0.05) is 30.5 Å². The van der Waals surface area contributed by atoms with Crippen LogP contribution in [-0.2, 0) is 11.3 Å². The first-order chi connectivity index (χ1) is 8.11. The molecule has 0 spiro atoms. The summed E-state index contributed by atoms with van der Waals surface area (Å²) >= 11 is 0. The molecule has 2 nitrogen and oxygen atoms in total. The van der Waals surface area contributed by atoms with Crippen LogP contribution in [0.1, 0.15) is 19.4 Å². The molecule has 2 aliphatic heterocycles. The zero-order valence-electron chi connectivity index (χ0n) is 10.8. The van der Waals surface area contributed by atoms with E-state index in [0.29, 0.717) is 10.8 Å². The Kier molecular flexibility index (Phi) is 2.53. The second-order valence-electron chi connectivity index (χ2n) is 6.24. The summed E-state index contributed by atoms with van der Waals surface area (Å²) in [5.74, 6) is 0. The molecule has 17 heavy (non-hydrogen) atoms. The summed E-state index contributed by atoms with van der Waals surface area (Å²) < 4.78 is 5.69. The Hall–Kier alpha value is -0.860. The lowest BCUT2D eigenvalue weighted by atomic mass is 9.71. The number of fused-ring (bicyclic) bond motifs is 1. The molecule has 0 N–H and O–H groups in total. The van der Waals surface area contributed by atoms with Gasteiger partial charge in [0.25, 0.3) is 0 Å². The minimum absolute atomic E-state index is 0.349. The molecule has 2 atom stereocenters. The van der Waals surface area contributed by atoms with Gasteiger partial charge in [-0.15, -0.1) is 0 Å². The van der Waals surface area contributed by atoms with Crippen LogP contribution in [0, 0.1) is 10.8 Å². The highest BCUT2D eigenvalue weighted by molar-refractivity contribution is 5.16. The molecule has 2 heterocycles. The van der Waals surface area contributed by atoms with Gasteiger partial charge in [0.05, 0.1) is 13.2 Å². The first-order valence-corrected chi connectivity index (χ1v) is 6.45. The smallest absolute Gasteiger partial charge is 0.0538 e. The third-order valence-electron chi connectivity index (χ3n) is 4.69. The Bertz CT molecular complexity index is 387. The van der Waals surface area contributed by atoms with Crippen molar-refractivity contribution >= 4 is 0 Å². The van der Waals surface area contributed by atoms with Crippen LogP contribution in [0.25, 0.3) is 0 Å². The Balaban J connectivity index is 1.73. The van der Waals surface area contributed by atoms with E-state index < -0.39 is 0 Å². The summed E-state index contributed by atoms with van der Waals surface area (Å²) in [6, 6.07) is 10.8. The zero-order chi connectivity index (χ0) is 11.9. The van der Waals surface area contributed by atoms with Crippen LogP contribution >= 0.6 is 0 Å².